The third-order valence-electron chi connectivity index (χ3n) is 5.33. The molecule has 0 saturated carbocycles. The number of amides is 1. The van der Waals surface area contributed by atoms with Crippen molar-refractivity contribution in [3.05, 3.63) is 54.1 Å². The molecule has 3 aromatic rings. The molecule has 1 aliphatic rings. The maximum atomic E-state index is 12.8. The van der Waals surface area contributed by atoms with E-state index in [0.29, 0.717) is 35.7 Å². The summed E-state index contributed by atoms with van der Waals surface area (Å²) in [6.45, 7) is 2.20. The zero-order chi connectivity index (χ0) is 22.9. The Hall–Kier alpha value is -3.47. The van der Waals surface area contributed by atoms with E-state index in [1.807, 2.05) is 0 Å². The van der Waals surface area contributed by atoms with Gasteiger partial charge in [-0.05, 0) is 48.0 Å². The lowest BCUT2D eigenvalue weighted by atomic mass is 10.0. The molecule has 1 atom stereocenters. The van der Waals surface area contributed by atoms with Crippen LogP contribution in [0.3, 0.4) is 0 Å². The highest BCUT2D eigenvalue weighted by Gasteiger charge is 2.38. The Labute approximate surface area is 181 Å². The van der Waals surface area contributed by atoms with Crippen molar-refractivity contribution < 1.29 is 23.1 Å². The van der Waals surface area contributed by atoms with Gasteiger partial charge in [-0.1, -0.05) is 12.1 Å². The number of halogens is 3. The van der Waals surface area contributed by atoms with Gasteiger partial charge in [0.05, 0.1) is 18.7 Å². The minimum atomic E-state index is -4.40. The predicted molar refractivity (Wildman–Crippen MR) is 110 cm³/mol. The number of rotatable bonds is 5. The van der Waals surface area contributed by atoms with E-state index in [1.165, 1.54) is 23.9 Å². The summed E-state index contributed by atoms with van der Waals surface area (Å²) in [5.74, 6) is 0.196. The molecule has 11 heteroatoms. The summed E-state index contributed by atoms with van der Waals surface area (Å²) in [7, 11) is 0. The van der Waals surface area contributed by atoms with Crippen molar-refractivity contribution in [3.8, 4) is 11.4 Å². The van der Waals surface area contributed by atoms with Gasteiger partial charge in [0, 0.05) is 30.4 Å². The lowest BCUT2D eigenvalue weighted by molar-refractivity contribution is -0.137. The molecular weight excluding hydrogens is 425 g/mol. The van der Waals surface area contributed by atoms with Gasteiger partial charge < -0.3 is 15.3 Å². The van der Waals surface area contributed by atoms with Gasteiger partial charge in [-0.15, -0.1) is 10.2 Å². The van der Waals surface area contributed by atoms with E-state index >= 15 is 0 Å². The molecule has 1 saturated heterocycles. The second-order valence-corrected chi connectivity index (χ2v) is 7.80. The van der Waals surface area contributed by atoms with E-state index in [4.69, 9.17) is 0 Å². The summed E-state index contributed by atoms with van der Waals surface area (Å²) in [4.78, 5) is 14.4. The van der Waals surface area contributed by atoms with Crippen LogP contribution in [-0.4, -0.2) is 54.8 Å². The highest BCUT2D eigenvalue weighted by molar-refractivity contribution is 5.77. The second kappa shape index (κ2) is 8.23. The molecule has 0 aliphatic carbocycles. The van der Waals surface area contributed by atoms with E-state index in [9.17, 15) is 23.1 Å². The van der Waals surface area contributed by atoms with Crippen LogP contribution in [0.2, 0.25) is 0 Å². The Morgan fingerprint density at radius 3 is 2.56 bits per heavy atom. The minimum absolute atomic E-state index is 0.0816. The fourth-order valence-corrected chi connectivity index (χ4v) is 3.62. The summed E-state index contributed by atoms with van der Waals surface area (Å²) in [5.41, 5.74) is -0.199. The molecule has 0 radical (unpaired) electrons. The van der Waals surface area contributed by atoms with Gasteiger partial charge in [-0.25, -0.2) is 0 Å². The minimum Gasteiger partial charge on any atom is -0.386 e. The molecule has 32 heavy (non-hydrogen) atoms. The first-order valence-electron chi connectivity index (χ1n) is 9.92. The molecule has 0 spiro atoms. The zero-order valence-electron chi connectivity index (χ0n) is 17.2. The van der Waals surface area contributed by atoms with E-state index < -0.39 is 17.3 Å². The number of hydrogen-bond acceptors (Lipinski definition) is 6. The Morgan fingerprint density at radius 2 is 1.91 bits per heavy atom. The maximum absolute atomic E-state index is 12.8. The molecule has 1 aromatic heterocycles. The van der Waals surface area contributed by atoms with Gasteiger partial charge in [0.2, 0.25) is 11.7 Å². The highest BCUT2D eigenvalue weighted by Crippen LogP contribution is 2.32. The van der Waals surface area contributed by atoms with Crippen molar-refractivity contribution in [2.75, 3.05) is 18.4 Å². The summed E-state index contributed by atoms with van der Waals surface area (Å²) in [5, 5.41) is 26.3. The van der Waals surface area contributed by atoms with Crippen LogP contribution in [-0.2, 0) is 17.5 Å². The van der Waals surface area contributed by atoms with Crippen LogP contribution in [0, 0.1) is 0 Å². The number of benzene rings is 2. The van der Waals surface area contributed by atoms with Crippen molar-refractivity contribution in [1.82, 2.24) is 25.1 Å². The van der Waals surface area contributed by atoms with Crippen LogP contribution in [0.15, 0.2) is 48.5 Å². The maximum Gasteiger partial charge on any atom is 0.416 e. The monoisotopic (exact) mass is 446 g/mol. The average molecular weight is 446 g/mol. The van der Waals surface area contributed by atoms with Crippen LogP contribution >= 0.6 is 0 Å². The second-order valence-electron chi connectivity index (χ2n) is 7.80. The Bertz CT molecular complexity index is 1120. The first-order chi connectivity index (χ1) is 15.1. The zero-order valence-corrected chi connectivity index (χ0v) is 17.2. The number of tetrazole rings is 1. The lowest BCUT2D eigenvalue weighted by Gasteiger charge is -2.21. The number of hydrogen-bond donors (Lipinski definition) is 2. The molecule has 1 fully saturated rings. The number of aromatic nitrogens is 4. The first-order valence-corrected chi connectivity index (χ1v) is 9.92. The predicted octanol–water partition coefficient (Wildman–Crippen LogP) is 3.09. The highest BCUT2D eigenvalue weighted by atomic mass is 19.4. The van der Waals surface area contributed by atoms with Gasteiger partial charge in [-0.3, -0.25) is 4.79 Å². The summed E-state index contributed by atoms with van der Waals surface area (Å²) >= 11 is 0. The lowest BCUT2D eigenvalue weighted by Crippen LogP contribution is -2.39. The first kappa shape index (κ1) is 21.8. The van der Waals surface area contributed by atoms with Gasteiger partial charge in [-0.2, -0.15) is 18.0 Å². The molecule has 1 aliphatic heterocycles. The molecule has 168 valence electrons. The number of para-hydroxylation sites is 1. The van der Waals surface area contributed by atoms with Crippen molar-refractivity contribution in [3.63, 3.8) is 0 Å². The van der Waals surface area contributed by atoms with Gasteiger partial charge in [0.15, 0.2) is 0 Å². The van der Waals surface area contributed by atoms with Crippen LogP contribution in [0.1, 0.15) is 18.9 Å². The molecule has 0 bridgehead atoms. The number of alkyl halides is 3. The molecule has 1 unspecified atom stereocenters. The van der Waals surface area contributed by atoms with Crippen molar-refractivity contribution in [2.24, 2.45) is 0 Å². The standard InChI is InChI=1S/C21H21F3N6O2/c1-14(31)29-11-10-20(32,12-29)13-30-27-19(26-28-30)17-4-2-3-5-18(17)25-16-8-6-15(7-9-16)21(22,23)24/h2-9,25,32H,10-13H2,1H3. The number of nitrogens with zero attached hydrogens (tertiary/aromatic N) is 5. The topological polar surface area (TPSA) is 96.2 Å². The molecule has 1 amide bonds. The molecule has 2 aromatic carbocycles. The number of nitrogens with one attached hydrogen (secondary N) is 1. The van der Waals surface area contributed by atoms with Gasteiger partial charge in [0.1, 0.15) is 5.60 Å². The average Bonchev–Trinajstić information content (AvgIpc) is 3.35. The Kier molecular flexibility index (Phi) is 5.59. The normalized spacial score (nSPS) is 18.7. The number of likely N-dealkylation sites (tertiary alicyclic amines) is 1. The summed E-state index contributed by atoms with van der Waals surface area (Å²) in [6, 6.07) is 11.8. The smallest absolute Gasteiger partial charge is 0.386 e. The Morgan fingerprint density at radius 1 is 1.19 bits per heavy atom. The summed E-state index contributed by atoms with van der Waals surface area (Å²) < 4.78 is 38.4. The number of β-amino-alcohol motifs (C(OH)–C–C–N with tert-alkyl or cyclic N) is 1. The van der Waals surface area contributed by atoms with Crippen LogP contribution in [0.5, 0.6) is 0 Å². The Balaban J connectivity index is 1.51. The van der Waals surface area contributed by atoms with Crippen LogP contribution < -0.4 is 5.32 Å². The van der Waals surface area contributed by atoms with Gasteiger partial charge >= 0.3 is 6.18 Å². The van der Waals surface area contributed by atoms with E-state index in [0.717, 1.165) is 12.1 Å². The number of anilines is 2. The van der Waals surface area contributed by atoms with E-state index in [2.05, 4.69) is 20.7 Å². The fraction of sp³-hybridized carbons (Fsp3) is 0.333. The third-order valence-corrected chi connectivity index (χ3v) is 5.33. The van der Waals surface area contributed by atoms with Crippen molar-refractivity contribution >= 4 is 17.3 Å². The quantitative estimate of drug-likeness (QED) is 0.625. The van der Waals surface area contributed by atoms with Crippen LogP contribution in [0.4, 0.5) is 24.5 Å². The largest absolute Gasteiger partial charge is 0.416 e. The molecule has 2 N–H and O–H groups in total. The van der Waals surface area contributed by atoms with Crippen LogP contribution in [0.25, 0.3) is 11.4 Å². The number of carbonyl (C=O) groups is 1. The van der Waals surface area contributed by atoms with Crippen molar-refractivity contribution in [1.29, 1.82) is 0 Å². The molecule has 8 nitrogen and oxygen atoms in total. The summed E-state index contributed by atoms with van der Waals surface area (Å²) in [6.07, 6.45) is -3.99. The number of aliphatic hydroxyl groups is 1. The SMILES string of the molecule is CC(=O)N1CCC(O)(Cn2nnc(-c3ccccc3Nc3ccc(C(F)(F)F)cc3)n2)C1. The molecule has 4 rings (SSSR count). The molecule has 2 heterocycles. The fourth-order valence-electron chi connectivity index (χ4n) is 3.62. The van der Waals surface area contributed by atoms with Gasteiger partial charge in [0.25, 0.3) is 0 Å². The number of carbonyl (C=O) groups excluding carboxylic acids is 1. The van der Waals surface area contributed by atoms with Crippen molar-refractivity contribution in [2.45, 2.75) is 31.7 Å². The molecular formula is C21H21F3N6O2. The van der Waals surface area contributed by atoms with E-state index in [-0.39, 0.29) is 19.0 Å². The third kappa shape index (κ3) is 4.72. The van der Waals surface area contributed by atoms with E-state index in [1.54, 1.807) is 29.2 Å².